The van der Waals surface area contributed by atoms with E-state index in [9.17, 15) is 4.79 Å². The first-order chi connectivity index (χ1) is 8.02. The van der Waals surface area contributed by atoms with Gasteiger partial charge in [-0.3, -0.25) is 4.79 Å². The highest BCUT2D eigenvalue weighted by molar-refractivity contribution is 5.81. The lowest BCUT2D eigenvalue weighted by Crippen LogP contribution is -2.52. The van der Waals surface area contributed by atoms with Crippen LogP contribution in [0.4, 0.5) is 0 Å². The maximum Gasteiger partial charge on any atom is 0.237 e. The van der Waals surface area contributed by atoms with E-state index in [1.807, 2.05) is 0 Å². The minimum absolute atomic E-state index is 0.0154. The molecule has 0 radical (unpaired) electrons. The fraction of sp³-hybridized carbons (Fsp3) is 0.923. The average molecular weight is 241 g/mol. The van der Waals surface area contributed by atoms with Crippen molar-refractivity contribution in [2.24, 2.45) is 11.7 Å². The predicted octanol–water partition coefficient (Wildman–Crippen LogP) is 0.960. The van der Waals surface area contributed by atoms with Gasteiger partial charge in [0.1, 0.15) is 0 Å². The molecule has 0 aromatic heterocycles. The van der Waals surface area contributed by atoms with Crippen molar-refractivity contribution in [2.45, 2.75) is 52.1 Å². The normalized spacial score (nSPS) is 23.7. The Labute approximate surface area is 105 Å². The van der Waals surface area contributed by atoms with Crippen LogP contribution in [-0.2, 0) is 4.79 Å². The minimum Gasteiger partial charge on any atom is -0.351 e. The molecule has 1 amide bonds. The molecule has 1 saturated heterocycles. The second-order valence-corrected chi connectivity index (χ2v) is 5.48. The van der Waals surface area contributed by atoms with Crippen molar-refractivity contribution in [2.75, 3.05) is 19.6 Å². The third-order valence-electron chi connectivity index (χ3n) is 3.36. The Balaban J connectivity index is 2.34. The first-order valence-electron chi connectivity index (χ1n) is 6.81. The molecule has 2 unspecified atom stereocenters. The Morgan fingerprint density at radius 1 is 1.53 bits per heavy atom. The molecular weight excluding hydrogens is 214 g/mol. The van der Waals surface area contributed by atoms with Crippen LogP contribution in [-0.4, -0.2) is 42.5 Å². The van der Waals surface area contributed by atoms with Crippen LogP contribution in [0.2, 0.25) is 0 Å². The Hall–Kier alpha value is -0.610. The number of amides is 1. The van der Waals surface area contributed by atoms with Crippen molar-refractivity contribution >= 4 is 5.91 Å². The maximum absolute atomic E-state index is 11.9. The summed E-state index contributed by atoms with van der Waals surface area (Å²) in [7, 11) is 0. The van der Waals surface area contributed by atoms with E-state index in [4.69, 9.17) is 5.73 Å². The third-order valence-corrected chi connectivity index (χ3v) is 3.36. The fourth-order valence-corrected chi connectivity index (χ4v) is 2.38. The monoisotopic (exact) mass is 241 g/mol. The molecule has 0 aromatic rings. The number of carbonyl (C=O) groups is 1. The van der Waals surface area contributed by atoms with Crippen LogP contribution in [0.5, 0.6) is 0 Å². The van der Waals surface area contributed by atoms with Gasteiger partial charge in [-0.1, -0.05) is 20.8 Å². The first kappa shape index (κ1) is 14.5. The Morgan fingerprint density at radius 2 is 2.24 bits per heavy atom. The van der Waals surface area contributed by atoms with Crippen LogP contribution >= 0.6 is 0 Å². The summed E-state index contributed by atoms with van der Waals surface area (Å²) in [6.07, 6.45) is 3.00. The van der Waals surface area contributed by atoms with E-state index >= 15 is 0 Å². The smallest absolute Gasteiger partial charge is 0.237 e. The van der Waals surface area contributed by atoms with Gasteiger partial charge in [0.25, 0.3) is 0 Å². The van der Waals surface area contributed by atoms with Crippen LogP contribution in [0, 0.1) is 5.92 Å². The molecule has 1 aliphatic rings. The number of carbonyl (C=O) groups excluding carboxylic acids is 1. The van der Waals surface area contributed by atoms with E-state index in [-0.39, 0.29) is 18.0 Å². The number of piperidine rings is 1. The second kappa shape index (κ2) is 6.97. The SMILES string of the molecule is CCN1CCCC(NC(=O)C(N)CC(C)C)C1. The van der Waals surface area contributed by atoms with Gasteiger partial charge in [0.05, 0.1) is 6.04 Å². The quantitative estimate of drug-likeness (QED) is 0.754. The van der Waals surface area contributed by atoms with Crippen molar-refractivity contribution in [3.8, 4) is 0 Å². The van der Waals surface area contributed by atoms with E-state index in [1.165, 1.54) is 0 Å². The molecular formula is C13H27N3O. The molecule has 1 rings (SSSR count). The van der Waals surface area contributed by atoms with Crippen LogP contribution in [0.25, 0.3) is 0 Å². The van der Waals surface area contributed by atoms with Gasteiger partial charge in [-0.2, -0.15) is 0 Å². The number of likely N-dealkylation sites (tertiary alicyclic amines) is 1. The highest BCUT2D eigenvalue weighted by Crippen LogP contribution is 2.10. The molecule has 17 heavy (non-hydrogen) atoms. The Bertz CT molecular complexity index is 243. The van der Waals surface area contributed by atoms with E-state index in [0.717, 1.165) is 38.9 Å². The van der Waals surface area contributed by atoms with Crippen molar-refractivity contribution in [1.29, 1.82) is 0 Å². The summed E-state index contributed by atoms with van der Waals surface area (Å²) in [6.45, 7) is 9.52. The molecule has 0 bridgehead atoms. The predicted molar refractivity (Wildman–Crippen MR) is 70.7 cm³/mol. The van der Waals surface area contributed by atoms with Gasteiger partial charge in [0, 0.05) is 12.6 Å². The van der Waals surface area contributed by atoms with Gasteiger partial charge in [-0.25, -0.2) is 0 Å². The van der Waals surface area contributed by atoms with Crippen LogP contribution in [0.1, 0.15) is 40.0 Å². The second-order valence-electron chi connectivity index (χ2n) is 5.48. The van der Waals surface area contributed by atoms with Gasteiger partial charge in [-0.05, 0) is 38.3 Å². The summed E-state index contributed by atoms with van der Waals surface area (Å²) in [4.78, 5) is 14.3. The van der Waals surface area contributed by atoms with Gasteiger partial charge >= 0.3 is 0 Å². The number of nitrogens with zero attached hydrogens (tertiary/aromatic N) is 1. The average Bonchev–Trinajstić information content (AvgIpc) is 2.28. The summed E-state index contributed by atoms with van der Waals surface area (Å²) >= 11 is 0. The van der Waals surface area contributed by atoms with Gasteiger partial charge in [0.15, 0.2) is 0 Å². The first-order valence-corrected chi connectivity index (χ1v) is 6.81. The number of likely N-dealkylation sites (N-methyl/N-ethyl adjacent to an activating group) is 1. The zero-order chi connectivity index (χ0) is 12.8. The van der Waals surface area contributed by atoms with Crippen LogP contribution in [0.3, 0.4) is 0 Å². The van der Waals surface area contributed by atoms with Gasteiger partial charge in [-0.15, -0.1) is 0 Å². The zero-order valence-electron chi connectivity index (χ0n) is 11.4. The molecule has 3 N–H and O–H groups in total. The number of nitrogens with one attached hydrogen (secondary N) is 1. The summed E-state index contributed by atoms with van der Waals surface area (Å²) in [5.74, 6) is 0.482. The molecule has 4 nitrogen and oxygen atoms in total. The van der Waals surface area contributed by atoms with Gasteiger partial charge < -0.3 is 16.0 Å². The summed E-state index contributed by atoms with van der Waals surface area (Å²) < 4.78 is 0. The van der Waals surface area contributed by atoms with Crippen molar-refractivity contribution in [3.63, 3.8) is 0 Å². The number of rotatable bonds is 5. The van der Waals surface area contributed by atoms with Crippen LogP contribution in [0.15, 0.2) is 0 Å². The van der Waals surface area contributed by atoms with Gasteiger partial charge in [0.2, 0.25) is 5.91 Å². The summed E-state index contributed by atoms with van der Waals surface area (Å²) in [5, 5.41) is 3.08. The Kier molecular flexibility index (Phi) is 5.92. The molecule has 100 valence electrons. The molecule has 0 spiro atoms. The van der Waals surface area contributed by atoms with E-state index in [0.29, 0.717) is 5.92 Å². The Morgan fingerprint density at radius 3 is 2.82 bits per heavy atom. The minimum atomic E-state index is -0.355. The highest BCUT2D eigenvalue weighted by atomic mass is 16.2. The largest absolute Gasteiger partial charge is 0.351 e. The lowest BCUT2D eigenvalue weighted by Gasteiger charge is -2.32. The molecule has 1 aliphatic heterocycles. The lowest BCUT2D eigenvalue weighted by molar-refractivity contribution is -0.123. The standard InChI is InChI=1S/C13H27N3O/c1-4-16-7-5-6-11(9-16)15-13(17)12(14)8-10(2)3/h10-12H,4-9,14H2,1-3H3,(H,15,17). The fourth-order valence-electron chi connectivity index (χ4n) is 2.38. The summed E-state index contributed by atoms with van der Waals surface area (Å²) in [5.41, 5.74) is 5.88. The summed E-state index contributed by atoms with van der Waals surface area (Å²) in [6, 6.07) is -0.0681. The molecule has 1 fully saturated rings. The topological polar surface area (TPSA) is 58.4 Å². The van der Waals surface area contributed by atoms with E-state index < -0.39 is 0 Å². The highest BCUT2D eigenvalue weighted by Gasteiger charge is 2.23. The van der Waals surface area contributed by atoms with Crippen molar-refractivity contribution < 1.29 is 4.79 Å². The van der Waals surface area contributed by atoms with Crippen molar-refractivity contribution in [3.05, 3.63) is 0 Å². The zero-order valence-corrected chi connectivity index (χ0v) is 11.4. The lowest BCUT2D eigenvalue weighted by atomic mass is 10.0. The van der Waals surface area contributed by atoms with E-state index in [2.05, 4.69) is 31.0 Å². The molecule has 0 saturated carbocycles. The molecule has 2 atom stereocenters. The number of hydrogen-bond donors (Lipinski definition) is 2. The molecule has 0 aliphatic carbocycles. The third kappa shape index (κ3) is 5.04. The van der Waals surface area contributed by atoms with Crippen molar-refractivity contribution in [1.82, 2.24) is 10.2 Å². The molecule has 1 heterocycles. The number of nitrogens with two attached hydrogens (primary N) is 1. The van der Waals surface area contributed by atoms with E-state index in [1.54, 1.807) is 0 Å². The number of hydrogen-bond acceptors (Lipinski definition) is 3. The maximum atomic E-state index is 11.9. The molecule has 4 heteroatoms. The molecule has 0 aromatic carbocycles. The van der Waals surface area contributed by atoms with Crippen LogP contribution < -0.4 is 11.1 Å².